The summed E-state index contributed by atoms with van der Waals surface area (Å²) in [6.07, 6.45) is 1.92. The molecule has 0 aromatic heterocycles. The molecule has 3 aromatic carbocycles. The molecule has 0 atom stereocenters. The normalized spacial score (nSPS) is 12.2. The standard InChI is InChI=1S/C22H20N2/c1-24-22(16-21(23)19-10-6-3-7-11-19)20-14-12-18(13-15-20)17-8-4-2-5-9-17/h2-16H,23H2,1H3. The van der Waals surface area contributed by atoms with Crippen LogP contribution in [0.1, 0.15) is 11.1 Å². The summed E-state index contributed by atoms with van der Waals surface area (Å²) >= 11 is 0. The molecule has 3 rings (SSSR count). The van der Waals surface area contributed by atoms with Gasteiger partial charge in [0.05, 0.1) is 5.71 Å². The second-order valence-corrected chi connectivity index (χ2v) is 5.52. The lowest BCUT2D eigenvalue weighted by Crippen LogP contribution is -2.03. The fourth-order valence-corrected chi connectivity index (χ4v) is 2.60. The molecule has 0 fully saturated rings. The van der Waals surface area contributed by atoms with E-state index in [-0.39, 0.29) is 0 Å². The monoisotopic (exact) mass is 312 g/mol. The first-order chi connectivity index (χ1) is 11.8. The van der Waals surface area contributed by atoms with Crippen molar-refractivity contribution in [2.75, 3.05) is 7.05 Å². The Morgan fingerprint density at radius 3 is 1.83 bits per heavy atom. The SMILES string of the molecule is CN=C(C=C(N)c1ccccc1)c1ccc(-c2ccccc2)cc1. The summed E-state index contributed by atoms with van der Waals surface area (Å²) in [5, 5.41) is 0. The van der Waals surface area contributed by atoms with Crippen molar-refractivity contribution in [1.82, 2.24) is 0 Å². The highest BCUT2D eigenvalue weighted by Gasteiger charge is 2.04. The first kappa shape index (κ1) is 15.8. The molecular weight excluding hydrogens is 292 g/mol. The first-order valence-electron chi connectivity index (χ1n) is 7.93. The molecule has 0 amide bonds. The highest BCUT2D eigenvalue weighted by Crippen LogP contribution is 2.20. The molecule has 0 radical (unpaired) electrons. The summed E-state index contributed by atoms with van der Waals surface area (Å²) < 4.78 is 0. The van der Waals surface area contributed by atoms with Gasteiger partial charge in [0.2, 0.25) is 0 Å². The number of allylic oxidation sites excluding steroid dienone is 1. The lowest BCUT2D eigenvalue weighted by Gasteiger charge is -2.07. The molecule has 0 heterocycles. The van der Waals surface area contributed by atoms with Crippen LogP contribution in [0.3, 0.4) is 0 Å². The molecule has 0 unspecified atom stereocenters. The Bertz CT molecular complexity index is 845. The molecule has 0 saturated heterocycles. The van der Waals surface area contributed by atoms with Gasteiger partial charge in [-0.1, -0.05) is 84.9 Å². The van der Waals surface area contributed by atoms with Gasteiger partial charge in [0.15, 0.2) is 0 Å². The molecular formula is C22H20N2. The molecule has 118 valence electrons. The average molecular weight is 312 g/mol. The lowest BCUT2D eigenvalue weighted by molar-refractivity contribution is 1.43. The van der Waals surface area contributed by atoms with Crippen molar-refractivity contribution < 1.29 is 0 Å². The van der Waals surface area contributed by atoms with Gasteiger partial charge in [-0.2, -0.15) is 0 Å². The molecule has 0 bridgehead atoms. The highest BCUT2D eigenvalue weighted by molar-refractivity contribution is 6.12. The van der Waals surface area contributed by atoms with Gasteiger partial charge >= 0.3 is 0 Å². The lowest BCUT2D eigenvalue weighted by atomic mass is 10.0. The van der Waals surface area contributed by atoms with Crippen LogP contribution in [0.5, 0.6) is 0 Å². The van der Waals surface area contributed by atoms with Crippen molar-refractivity contribution in [3.8, 4) is 11.1 Å². The summed E-state index contributed by atoms with van der Waals surface area (Å²) in [6, 6.07) is 28.7. The van der Waals surface area contributed by atoms with Crippen LogP contribution in [0, 0.1) is 0 Å². The second-order valence-electron chi connectivity index (χ2n) is 5.52. The first-order valence-corrected chi connectivity index (χ1v) is 7.93. The molecule has 3 aromatic rings. The van der Waals surface area contributed by atoms with Crippen molar-refractivity contribution in [2.45, 2.75) is 0 Å². The van der Waals surface area contributed by atoms with E-state index >= 15 is 0 Å². The predicted molar refractivity (Wildman–Crippen MR) is 103 cm³/mol. The molecule has 24 heavy (non-hydrogen) atoms. The van der Waals surface area contributed by atoms with E-state index in [1.807, 2.05) is 54.6 Å². The molecule has 0 aliphatic carbocycles. The van der Waals surface area contributed by atoms with Gasteiger partial charge in [-0.05, 0) is 28.3 Å². The topological polar surface area (TPSA) is 38.4 Å². The van der Waals surface area contributed by atoms with Crippen LogP contribution in [0.2, 0.25) is 0 Å². The maximum absolute atomic E-state index is 6.21. The summed E-state index contributed by atoms with van der Waals surface area (Å²) in [4.78, 5) is 4.39. The molecule has 0 aliphatic heterocycles. The van der Waals surface area contributed by atoms with Crippen molar-refractivity contribution in [1.29, 1.82) is 0 Å². The largest absolute Gasteiger partial charge is 0.398 e. The van der Waals surface area contributed by atoms with Crippen LogP contribution in [-0.2, 0) is 0 Å². The van der Waals surface area contributed by atoms with Gasteiger partial charge in [-0.25, -0.2) is 0 Å². The van der Waals surface area contributed by atoms with E-state index in [4.69, 9.17) is 5.73 Å². The average Bonchev–Trinajstić information content (AvgIpc) is 2.67. The zero-order chi connectivity index (χ0) is 16.8. The third-order valence-corrected chi connectivity index (χ3v) is 3.93. The van der Waals surface area contributed by atoms with Crippen molar-refractivity contribution in [3.05, 3.63) is 102 Å². The number of nitrogens with two attached hydrogens (primary N) is 1. The third-order valence-electron chi connectivity index (χ3n) is 3.93. The fraction of sp³-hybridized carbons (Fsp3) is 0.0455. The van der Waals surface area contributed by atoms with Gasteiger partial charge in [-0.15, -0.1) is 0 Å². The quantitative estimate of drug-likeness (QED) is 0.692. The number of hydrogen-bond donors (Lipinski definition) is 1. The fourth-order valence-electron chi connectivity index (χ4n) is 2.60. The van der Waals surface area contributed by atoms with Crippen LogP contribution >= 0.6 is 0 Å². The van der Waals surface area contributed by atoms with E-state index in [9.17, 15) is 0 Å². The van der Waals surface area contributed by atoms with Crippen LogP contribution < -0.4 is 5.73 Å². The van der Waals surface area contributed by atoms with Gasteiger partial charge in [-0.3, -0.25) is 4.99 Å². The molecule has 2 N–H and O–H groups in total. The van der Waals surface area contributed by atoms with E-state index in [2.05, 4.69) is 41.4 Å². The zero-order valence-corrected chi connectivity index (χ0v) is 13.7. The molecule has 2 nitrogen and oxygen atoms in total. The van der Waals surface area contributed by atoms with Gasteiger partial charge in [0.1, 0.15) is 0 Å². The minimum atomic E-state index is 0.711. The highest BCUT2D eigenvalue weighted by atomic mass is 14.7. The number of aliphatic imine (C=N–C) groups is 1. The number of hydrogen-bond acceptors (Lipinski definition) is 2. The number of rotatable bonds is 4. The van der Waals surface area contributed by atoms with Crippen molar-refractivity contribution in [2.24, 2.45) is 10.7 Å². The van der Waals surface area contributed by atoms with E-state index < -0.39 is 0 Å². The minimum absolute atomic E-state index is 0.711. The summed E-state index contributed by atoms with van der Waals surface area (Å²) in [5.74, 6) is 0. The summed E-state index contributed by atoms with van der Waals surface area (Å²) in [5.41, 5.74) is 12.2. The molecule has 0 spiro atoms. The number of nitrogens with zero attached hydrogens (tertiary/aromatic N) is 1. The maximum Gasteiger partial charge on any atom is 0.0663 e. The summed E-state index contributed by atoms with van der Waals surface area (Å²) in [6.45, 7) is 0. The van der Waals surface area contributed by atoms with E-state index in [0.29, 0.717) is 5.70 Å². The third kappa shape index (κ3) is 3.61. The van der Waals surface area contributed by atoms with Gasteiger partial charge < -0.3 is 5.73 Å². The summed E-state index contributed by atoms with van der Waals surface area (Å²) in [7, 11) is 1.79. The van der Waals surface area contributed by atoms with E-state index in [1.165, 1.54) is 11.1 Å². The van der Waals surface area contributed by atoms with E-state index in [0.717, 1.165) is 16.8 Å². The van der Waals surface area contributed by atoms with E-state index in [1.54, 1.807) is 7.05 Å². The Morgan fingerprint density at radius 2 is 1.25 bits per heavy atom. The van der Waals surface area contributed by atoms with Crippen molar-refractivity contribution >= 4 is 11.4 Å². The smallest absolute Gasteiger partial charge is 0.0663 e. The minimum Gasteiger partial charge on any atom is -0.398 e. The Balaban J connectivity index is 1.87. The Hall–Kier alpha value is -3.13. The Morgan fingerprint density at radius 1 is 0.708 bits per heavy atom. The van der Waals surface area contributed by atoms with Crippen LogP contribution in [-0.4, -0.2) is 12.8 Å². The Kier molecular flexibility index (Phi) is 4.87. The van der Waals surface area contributed by atoms with Crippen LogP contribution in [0.4, 0.5) is 0 Å². The molecule has 0 saturated carbocycles. The maximum atomic E-state index is 6.21. The zero-order valence-electron chi connectivity index (χ0n) is 13.7. The second kappa shape index (κ2) is 7.42. The van der Waals surface area contributed by atoms with Crippen LogP contribution in [0.15, 0.2) is 96.0 Å². The van der Waals surface area contributed by atoms with Gasteiger partial charge in [0, 0.05) is 12.7 Å². The Labute approximate surface area is 143 Å². The molecule has 2 heteroatoms. The van der Waals surface area contributed by atoms with Gasteiger partial charge in [0.25, 0.3) is 0 Å². The van der Waals surface area contributed by atoms with Crippen LogP contribution in [0.25, 0.3) is 16.8 Å². The number of benzene rings is 3. The molecule has 0 aliphatic rings. The van der Waals surface area contributed by atoms with Crippen molar-refractivity contribution in [3.63, 3.8) is 0 Å². The predicted octanol–water partition coefficient (Wildman–Crippen LogP) is 4.77.